The van der Waals surface area contributed by atoms with Crippen molar-refractivity contribution in [3.63, 3.8) is 0 Å². The number of carbonyl (C=O) groups is 2. The lowest BCUT2D eigenvalue weighted by Crippen LogP contribution is -2.30. The van der Waals surface area contributed by atoms with Crippen molar-refractivity contribution >= 4 is 21.9 Å². The molecule has 0 aliphatic heterocycles. The van der Waals surface area contributed by atoms with E-state index in [1.165, 1.54) is 29.8 Å². The summed E-state index contributed by atoms with van der Waals surface area (Å²) in [4.78, 5) is 24.2. The zero-order valence-corrected chi connectivity index (χ0v) is 18.9. The summed E-state index contributed by atoms with van der Waals surface area (Å²) >= 11 is 0. The van der Waals surface area contributed by atoms with Gasteiger partial charge in [-0.1, -0.05) is 66.7 Å². The van der Waals surface area contributed by atoms with Crippen LogP contribution in [0.4, 0.5) is 0 Å². The van der Waals surface area contributed by atoms with E-state index in [4.69, 9.17) is 4.74 Å². The fourth-order valence-electron chi connectivity index (χ4n) is 3.08. The quantitative estimate of drug-likeness (QED) is 0.334. The molecule has 0 aliphatic rings. The Morgan fingerprint density at radius 1 is 0.818 bits per heavy atom. The molecule has 172 valence electrons. The number of benzene rings is 3. The van der Waals surface area contributed by atoms with E-state index in [-0.39, 0.29) is 17.0 Å². The zero-order valence-electron chi connectivity index (χ0n) is 18.1. The Bertz CT molecular complexity index is 1170. The number of ether oxygens (including phenoxy) is 1. The van der Waals surface area contributed by atoms with Gasteiger partial charge in [0.15, 0.2) is 6.61 Å². The Labute approximate surface area is 193 Å². The predicted molar refractivity (Wildman–Crippen MR) is 125 cm³/mol. The lowest BCUT2D eigenvalue weighted by molar-refractivity contribution is -0.124. The fraction of sp³-hybridized carbons (Fsp3) is 0.200. The molecule has 1 amide bonds. The lowest BCUT2D eigenvalue weighted by Gasteiger charge is -2.09. The molecule has 2 N–H and O–H groups in total. The second kappa shape index (κ2) is 11.9. The number of hydrogen-bond donors (Lipinski definition) is 2. The molecule has 3 rings (SSSR count). The van der Waals surface area contributed by atoms with Crippen molar-refractivity contribution in [3.8, 4) is 0 Å². The van der Waals surface area contributed by atoms with Crippen molar-refractivity contribution in [1.29, 1.82) is 0 Å². The number of carbonyl (C=O) groups excluding carboxylic acids is 2. The molecule has 0 aromatic heterocycles. The van der Waals surface area contributed by atoms with E-state index in [0.717, 1.165) is 18.4 Å². The van der Waals surface area contributed by atoms with Gasteiger partial charge in [-0.3, -0.25) is 4.79 Å². The molecule has 0 saturated heterocycles. The molecule has 3 aromatic carbocycles. The van der Waals surface area contributed by atoms with Crippen molar-refractivity contribution in [2.75, 3.05) is 13.2 Å². The summed E-state index contributed by atoms with van der Waals surface area (Å²) in [6.45, 7) is 0.155. The van der Waals surface area contributed by atoms with E-state index in [9.17, 15) is 18.0 Å². The topological polar surface area (TPSA) is 102 Å². The molecule has 0 heterocycles. The molecule has 0 bridgehead atoms. The van der Waals surface area contributed by atoms with Gasteiger partial charge >= 0.3 is 5.97 Å². The molecule has 0 aliphatic carbocycles. The average molecular weight is 467 g/mol. The second-order valence-corrected chi connectivity index (χ2v) is 9.12. The minimum Gasteiger partial charge on any atom is -0.452 e. The highest BCUT2D eigenvalue weighted by molar-refractivity contribution is 7.89. The first-order valence-electron chi connectivity index (χ1n) is 10.6. The van der Waals surface area contributed by atoms with Crippen LogP contribution < -0.4 is 10.0 Å². The van der Waals surface area contributed by atoms with Gasteiger partial charge in [0.1, 0.15) is 0 Å². The SMILES string of the molecule is O=C(COC(=O)c1cccc(S(=O)(=O)NCc2ccccc2)c1)NCCCc1ccccc1. The van der Waals surface area contributed by atoms with Crippen LogP contribution in [0.1, 0.15) is 27.9 Å². The fourth-order valence-corrected chi connectivity index (χ4v) is 4.14. The number of amides is 1. The van der Waals surface area contributed by atoms with Gasteiger partial charge in [0, 0.05) is 13.1 Å². The maximum absolute atomic E-state index is 12.6. The first-order valence-corrected chi connectivity index (χ1v) is 12.0. The Morgan fingerprint density at radius 2 is 1.48 bits per heavy atom. The van der Waals surface area contributed by atoms with Crippen LogP contribution in [0, 0.1) is 0 Å². The van der Waals surface area contributed by atoms with E-state index in [1.54, 1.807) is 0 Å². The molecular weight excluding hydrogens is 440 g/mol. The van der Waals surface area contributed by atoms with Crippen molar-refractivity contribution in [3.05, 3.63) is 102 Å². The third-order valence-corrected chi connectivity index (χ3v) is 6.23. The molecule has 0 atom stereocenters. The molecule has 33 heavy (non-hydrogen) atoms. The number of nitrogens with one attached hydrogen (secondary N) is 2. The van der Waals surface area contributed by atoms with Crippen molar-refractivity contribution in [1.82, 2.24) is 10.0 Å². The van der Waals surface area contributed by atoms with Crippen LogP contribution in [0.15, 0.2) is 89.8 Å². The first-order chi connectivity index (χ1) is 15.9. The third kappa shape index (κ3) is 7.85. The summed E-state index contributed by atoms with van der Waals surface area (Å²) in [5.41, 5.74) is 2.05. The van der Waals surface area contributed by atoms with E-state index >= 15 is 0 Å². The molecule has 0 unspecified atom stereocenters. The Balaban J connectivity index is 1.46. The largest absolute Gasteiger partial charge is 0.452 e. The Kier molecular flexibility index (Phi) is 8.74. The van der Waals surface area contributed by atoms with Gasteiger partial charge in [-0.2, -0.15) is 0 Å². The van der Waals surface area contributed by atoms with Gasteiger partial charge in [-0.05, 0) is 42.2 Å². The summed E-state index contributed by atoms with van der Waals surface area (Å²) in [5.74, 6) is -1.18. The molecule has 7 nitrogen and oxygen atoms in total. The highest BCUT2D eigenvalue weighted by Gasteiger charge is 2.17. The van der Waals surface area contributed by atoms with Crippen LogP contribution in [0.3, 0.4) is 0 Å². The monoisotopic (exact) mass is 466 g/mol. The Morgan fingerprint density at radius 3 is 2.18 bits per heavy atom. The van der Waals surface area contributed by atoms with Gasteiger partial charge in [0.2, 0.25) is 10.0 Å². The van der Waals surface area contributed by atoms with Crippen molar-refractivity contribution in [2.45, 2.75) is 24.3 Å². The van der Waals surface area contributed by atoms with Crippen LogP contribution in [-0.2, 0) is 32.5 Å². The van der Waals surface area contributed by atoms with Crippen molar-refractivity contribution < 1.29 is 22.7 Å². The molecule has 0 saturated carbocycles. The highest BCUT2D eigenvalue weighted by atomic mass is 32.2. The van der Waals surface area contributed by atoms with E-state index < -0.39 is 28.5 Å². The summed E-state index contributed by atoms with van der Waals surface area (Å²) < 4.78 is 32.7. The van der Waals surface area contributed by atoms with Crippen LogP contribution in [0.25, 0.3) is 0 Å². The molecule has 8 heteroatoms. The van der Waals surface area contributed by atoms with Gasteiger partial charge in [-0.25, -0.2) is 17.9 Å². The summed E-state index contributed by atoms with van der Waals surface area (Å²) in [6, 6.07) is 24.5. The van der Waals surface area contributed by atoms with E-state index in [0.29, 0.717) is 6.54 Å². The molecule has 0 fully saturated rings. The molecule has 0 spiro atoms. The Hall–Kier alpha value is -3.49. The number of hydrogen-bond acceptors (Lipinski definition) is 5. The number of esters is 1. The number of rotatable bonds is 11. The molecular formula is C25H26N2O5S. The number of sulfonamides is 1. The van der Waals surface area contributed by atoms with E-state index in [2.05, 4.69) is 10.0 Å². The number of aryl methyl sites for hydroxylation is 1. The maximum Gasteiger partial charge on any atom is 0.338 e. The van der Waals surface area contributed by atoms with Crippen LogP contribution in [-0.4, -0.2) is 33.4 Å². The van der Waals surface area contributed by atoms with Gasteiger partial charge in [0.05, 0.1) is 10.5 Å². The smallest absolute Gasteiger partial charge is 0.338 e. The molecule has 0 radical (unpaired) electrons. The average Bonchev–Trinajstić information content (AvgIpc) is 2.85. The summed E-state index contributed by atoms with van der Waals surface area (Å²) in [7, 11) is -3.82. The van der Waals surface area contributed by atoms with Gasteiger partial charge < -0.3 is 10.1 Å². The van der Waals surface area contributed by atoms with Gasteiger partial charge in [0.25, 0.3) is 5.91 Å². The van der Waals surface area contributed by atoms with Crippen LogP contribution in [0.2, 0.25) is 0 Å². The summed E-state index contributed by atoms with van der Waals surface area (Å²) in [5, 5.41) is 2.71. The highest BCUT2D eigenvalue weighted by Crippen LogP contribution is 2.13. The van der Waals surface area contributed by atoms with Crippen molar-refractivity contribution in [2.24, 2.45) is 0 Å². The normalized spacial score (nSPS) is 11.0. The maximum atomic E-state index is 12.6. The zero-order chi connectivity index (χ0) is 23.5. The van der Waals surface area contributed by atoms with Crippen LogP contribution in [0.5, 0.6) is 0 Å². The standard InChI is InChI=1S/C25H26N2O5S/c28-24(26-16-8-13-20-9-3-1-4-10-20)19-32-25(29)22-14-7-15-23(17-22)33(30,31)27-18-21-11-5-2-6-12-21/h1-7,9-12,14-15,17,27H,8,13,16,18-19H2,(H,26,28). The minimum absolute atomic E-state index is 0.0504. The lowest BCUT2D eigenvalue weighted by atomic mass is 10.1. The van der Waals surface area contributed by atoms with E-state index in [1.807, 2.05) is 60.7 Å². The second-order valence-electron chi connectivity index (χ2n) is 7.35. The minimum atomic E-state index is -3.82. The summed E-state index contributed by atoms with van der Waals surface area (Å²) in [6.07, 6.45) is 1.60. The van der Waals surface area contributed by atoms with Gasteiger partial charge in [-0.15, -0.1) is 0 Å². The third-order valence-electron chi connectivity index (χ3n) is 4.83. The molecule has 3 aromatic rings. The van der Waals surface area contributed by atoms with Crippen LogP contribution >= 0.6 is 0 Å². The predicted octanol–water partition coefficient (Wildman–Crippen LogP) is 3.07. The first kappa shape index (κ1) is 24.2.